The summed E-state index contributed by atoms with van der Waals surface area (Å²) in [6.07, 6.45) is 2.58. The fraction of sp³-hybridized carbons (Fsp3) is 0.407. The molecule has 2 amide bonds. The molecule has 6 rings (SSSR count). The van der Waals surface area contributed by atoms with Gasteiger partial charge >= 0.3 is 6.03 Å². The van der Waals surface area contributed by atoms with Gasteiger partial charge in [0, 0.05) is 58.1 Å². The van der Waals surface area contributed by atoms with Crippen molar-refractivity contribution in [2.45, 2.75) is 51.5 Å². The number of urea groups is 1. The van der Waals surface area contributed by atoms with Crippen LogP contribution in [0, 0.1) is 9.39 Å². The average molecular weight is 616 g/mol. The summed E-state index contributed by atoms with van der Waals surface area (Å²) >= 11 is 2.19. The Morgan fingerprint density at radius 2 is 2.19 bits per heavy atom. The molecule has 3 aliphatic heterocycles. The number of aromatic nitrogens is 2. The number of ether oxygens (including phenoxy) is 1. The van der Waals surface area contributed by atoms with Gasteiger partial charge in [0.1, 0.15) is 11.6 Å². The molecule has 194 valence electrons. The van der Waals surface area contributed by atoms with Crippen LogP contribution in [-0.2, 0) is 19.5 Å². The number of rotatable bonds is 4. The zero-order valence-electron chi connectivity index (χ0n) is 20.7. The number of piperidine rings is 1. The molecular formula is C27H30FIN6O2. The summed E-state index contributed by atoms with van der Waals surface area (Å²) in [7, 11) is 0. The van der Waals surface area contributed by atoms with E-state index in [2.05, 4.69) is 48.3 Å². The molecule has 2 atom stereocenters. The first kappa shape index (κ1) is 24.5. The second-order valence-electron chi connectivity index (χ2n) is 10.0. The van der Waals surface area contributed by atoms with Crippen molar-refractivity contribution < 1.29 is 13.9 Å². The third kappa shape index (κ3) is 5.00. The van der Waals surface area contributed by atoms with E-state index in [0.717, 1.165) is 68.9 Å². The Hall–Kier alpha value is -2.86. The number of fused-ring (bicyclic) bond motifs is 2. The molecule has 10 heteroatoms. The standard InChI is InChI=1S/C27H30FIN6O2/c1-16-30-24-8-7-17(12-25(24)37-16)26-20-15-35(11-9-23(20)32-33-26)27(36)31-18-4-3-10-34(13-18)14-19-21(28)5-2-6-22(19)29/h2,5-8,12,16,18,30H,3-4,9-11,13-15H2,1H3,(H,31,36)(H,32,33)/t16?,18-/m1/s1. The van der Waals surface area contributed by atoms with Gasteiger partial charge in [0.25, 0.3) is 0 Å². The summed E-state index contributed by atoms with van der Waals surface area (Å²) in [6.45, 7) is 5.29. The molecule has 1 aromatic heterocycles. The highest BCUT2D eigenvalue weighted by Crippen LogP contribution is 2.37. The average Bonchev–Trinajstić information content (AvgIpc) is 3.48. The van der Waals surface area contributed by atoms with Gasteiger partial charge < -0.3 is 20.3 Å². The highest BCUT2D eigenvalue weighted by molar-refractivity contribution is 14.1. The van der Waals surface area contributed by atoms with Crippen LogP contribution in [0.4, 0.5) is 14.9 Å². The van der Waals surface area contributed by atoms with Crippen molar-refractivity contribution >= 4 is 34.3 Å². The number of benzene rings is 2. The second kappa shape index (κ2) is 10.1. The van der Waals surface area contributed by atoms with E-state index in [0.29, 0.717) is 26.2 Å². The first-order valence-corrected chi connectivity index (χ1v) is 13.9. The predicted molar refractivity (Wildman–Crippen MR) is 148 cm³/mol. The van der Waals surface area contributed by atoms with Gasteiger partial charge in [0.2, 0.25) is 0 Å². The third-order valence-corrected chi connectivity index (χ3v) is 8.43. The number of aromatic amines is 1. The second-order valence-corrected chi connectivity index (χ2v) is 11.2. The Morgan fingerprint density at radius 3 is 3.05 bits per heavy atom. The molecule has 1 fully saturated rings. The number of H-pyrrole nitrogens is 1. The van der Waals surface area contributed by atoms with E-state index in [-0.39, 0.29) is 24.1 Å². The highest BCUT2D eigenvalue weighted by atomic mass is 127. The normalized spacial score (nSPS) is 21.1. The van der Waals surface area contributed by atoms with Crippen LogP contribution in [-0.4, -0.2) is 57.9 Å². The summed E-state index contributed by atoms with van der Waals surface area (Å²) in [4.78, 5) is 17.4. The van der Waals surface area contributed by atoms with E-state index in [4.69, 9.17) is 4.74 Å². The number of amides is 2. The molecule has 0 aliphatic carbocycles. The molecule has 4 heterocycles. The van der Waals surface area contributed by atoms with E-state index in [1.54, 1.807) is 6.07 Å². The summed E-state index contributed by atoms with van der Waals surface area (Å²) in [6, 6.07) is 11.2. The van der Waals surface area contributed by atoms with Crippen molar-refractivity contribution in [3.63, 3.8) is 0 Å². The molecule has 0 saturated carbocycles. The molecule has 3 aliphatic rings. The number of hydrogen-bond acceptors (Lipinski definition) is 5. The number of anilines is 1. The van der Waals surface area contributed by atoms with Crippen molar-refractivity contribution in [3.05, 3.63) is 62.6 Å². The van der Waals surface area contributed by atoms with Crippen LogP contribution in [0.5, 0.6) is 5.75 Å². The third-order valence-electron chi connectivity index (χ3n) is 7.41. The quantitative estimate of drug-likeness (QED) is 0.370. The van der Waals surface area contributed by atoms with Crippen molar-refractivity contribution in [1.82, 2.24) is 25.3 Å². The number of likely N-dealkylation sites (tertiary alicyclic amines) is 1. The van der Waals surface area contributed by atoms with Gasteiger partial charge in [0.15, 0.2) is 6.23 Å². The Bertz CT molecular complexity index is 1310. The fourth-order valence-electron chi connectivity index (χ4n) is 5.52. The minimum atomic E-state index is -0.168. The number of nitrogens with one attached hydrogen (secondary N) is 3. The van der Waals surface area contributed by atoms with Crippen LogP contribution in [0.25, 0.3) is 11.3 Å². The Kier molecular flexibility index (Phi) is 6.70. The van der Waals surface area contributed by atoms with Crippen molar-refractivity contribution in [2.75, 3.05) is 25.0 Å². The maximum Gasteiger partial charge on any atom is 0.317 e. The monoisotopic (exact) mass is 616 g/mol. The molecule has 8 nitrogen and oxygen atoms in total. The van der Waals surface area contributed by atoms with Gasteiger partial charge in [-0.1, -0.05) is 12.1 Å². The molecule has 2 aromatic carbocycles. The van der Waals surface area contributed by atoms with E-state index in [1.807, 2.05) is 36.1 Å². The van der Waals surface area contributed by atoms with Crippen LogP contribution in [0.3, 0.4) is 0 Å². The summed E-state index contributed by atoms with van der Waals surface area (Å²) < 4.78 is 21.1. The smallest absolute Gasteiger partial charge is 0.317 e. The largest absolute Gasteiger partial charge is 0.469 e. The molecule has 3 aromatic rings. The molecule has 0 spiro atoms. The number of carbonyl (C=O) groups excluding carboxylic acids is 1. The van der Waals surface area contributed by atoms with Crippen LogP contribution in [0.15, 0.2) is 36.4 Å². The Labute approximate surface area is 229 Å². The van der Waals surface area contributed by atoms with Gasteiger partial charge in [-0.05, 0) is 73.2 Å². The zero-order chi connectivity index (χ0) is 25.5. The van der Waals surface area contributed by atoms with Crippen molar-refractivity contribution in [3.8, 4) is 17.0 Å². The lowest BCUT2D eigenvalue weighted by Gasteiger charge is -2.35. The minimum Gasteiger partial charge on any atom is -0.469 e. The number of halogens is 2. The minimum absolute atomic E-state index is 0.0410. The Balaban J connectivity index is 1.11. The van der Waals surface area contributed by atoms with Crippen molar-refractivity contribution in [1.29, 1.82) is 0 Å². The van der Waals surface area contributed by atoms with Crippen LogP contribution in [0.1, 0.15) is 36.6 Å². The number of hydrogen-bond donors (Lipinski definition) is 3. The summed E-state index contributed by atoms with van der Waals surface area (Å²) in [5, 5.41) is 14.3. The lowest BCUT2D eigenvalue weighted by Crippen LogP contribution is -2.52. The van der Waals surface area contributed by atoms with Gasteiger partial charge in [-0.3, -0.25) is 10.00 Å². The molecule has 3 N–H and O–H groups in total. The first-order chi connectivity index (χ1) is 17.9. The van der Waals surface area contributed by atoms with Gasteiger partial charge in [-0.15, -0.1) is 0 Å². The van der Waals surface area contributed by atoms with Gasteiger partial charge in [-0.25, -0.2) is 9.18 Å². The molecular weight excluding hydrogens is 586 g/mol. The van der Waals surface area contributed by atoms with Gasteiger partial charge in [0.05, 0.1) is 17.9 Å². The maximum absolute atomic E-state index is 14.4. The molecule has 1 unspecified atom stereocenters. The first-order valence-electron chi connectivity index (χ1n) is 12.8. The van der Waals surface area contributed by atoms with E-state index < -0.39 is 0 Å². The molecule has 0 bridgehead atoms. The van der Waals surface area contributed by atoms with Crippen LogP contribution >= 0.6 is 22.6 Å². The molecule has 37 heavy (non-hydrogen) atoms. The van der Waals surface area contributed by atoms with E-state index in [9.17, 15) is 9.18 Å². The fourth-order valence-corrected chi connectivity index (χ4v) is 6.16. The molecule has 1 saturated heterocycles. The number of carbonyl (C=O) groups is 1. The number of nitrogens with zero attached hydrogens (tertiary/aromatic N) is 3. The summed E-state index contributed by atoms with van der Waals surface area (Å²) in [5.74, 6) is 0.651. The summed E-state index contributed by atoms with van der Waals surface area (Å²) in [5.41, 5.74) is 5.68. The van der Waals surface area contributed by atoms with E-state index >= 15 is 0 Å². The van der Waals surface area contributed by atoms with Crippen molar-refractivity contribution in [2.24, 2.45) is 0 Å². The topological polar surface area (TPSA) is 85.5 Å². The van der Waals surface area contributed by atoms with Gasteiger partial charge in [-0.2, -0.15) is 5.10 Å². The zero-order valence-corrected chi connectivity index (χ0v) is 22.8. The lowest BCUT2D eigenvalue weighted by molar-refractivity contribution is 0.159. The SMILES string of the molecule is CC1Nc2ccc(-c3n[nH]c4c3CN(C(=O)N[C@@H]3CCCN(Cc5c(F)cccc5I)C3)CC4)cc2O1. The van der Waals surface area contributed by atoms with Crippen LogP contribution in [0.2, 0.25) is 0 Å². The highest BCUT2D eigenvalue weighted by Gasteiger charge is 2.29. The van der Waals surface area contributed by atoms with E-state index in [1.165, 1.54) is 6.07 Å². The Morgan fingerprint density at radius 1 is 1.30 bits per heavy atom. The lowest BCUT2D eigenvalue weighted by atomic mass is 10.0. The molecule has 0 radical (unpaired) electrons. The predicted octanol–water partition coefficient (Wildman–Crippen LogP) is 4.70. The maximum atomic E-state index is 14.4. The van der Waals surface area contributed by atoms with Crippen LogP contribution < -0.4 is 15.4 Å².